The molecule has 2 N–H and O–H groups in total. The lowest BCUT2D eigenvalue weighted by atomic mass is 9.93. The average Bonchev–Trinajstić information content (AvgIpc) is 3.28. The Kier molecular flexibility index (Phi) is 5.04. The molecule has 124 valence electrons. The van der Waals surface area contributed by atoms with Gasteiger partial charge in [-0.1, -0.05) is 29.8 Å². The smallest absolute Gasteiger partial charge is 0.224 e. The summed E-state index contributed by atoms with van der Waals surface area (Å²) in [5.74, 6) is 0.169. The number of aliphatic hydroxyl groups is 1. The molecule has 1 atom stereocenters. The van der Waals surface area contributed by atoms with Crippen LogP contribution < -0.4 is 5.32 Å². The number of hydrogen-bond acceptors (Lipinski definition) is 4. The predicted octanol–water partition coefficient (Wildman–Crippen LogP) is 3.59. The molecule has 0 saturated heterocycles. The zero-order valence-corrected chi connectivity index (χ0v) is 14.3. The van der Waals surface area contributed by atoms with Crippen molar-refractivity contribution in [2.45, 2.75) is 12.0 Å². The lowest BCUT2D eigenvalue weighted by Gasteiger charge is -2.25. The van der Waals surface area contributed by atoms with E-state index in [-0.39, 0.29) is 18.9 Å². The Hall–Kier alpha value is -2.08. The maximum Gasteiger partial charge on any atom is 0.224 e. The molecule has 0 spiro atoms. The fourth-order valence-electron chi connectivity index (χ4n) is 2.45. The van der Waals surface area contributed by atoms with Crippen molar-refractivity contribution in [1.82, 2.24) is 5.32 Å². The zero-order valence-electron chi connectivity index (χ0n) is 12.7. The minimum atomic E-state index is -1.40. The number of halogens is 1. The van der Waals surface area contributed by atoms with Crippen LogP contribution >= 0.6 is 22.9 Å². The molecule has 0 unspecified atom stereocenters. The lowest BCUT2D eigenvalue weighted by Crippen LogP contribution is -2.41. The van der Waals surface area contributed by atoms with Gasteiger partial charge >= 0.3 is 0 Å². The molecule has 3 aromatic rings. The fraction of sp³-hybridized carbons (Fsp3) is 0.167. The van der Waals surface area contributed by atoms with Crippen molar-refractivity contribution in [2.24, 2.45) is 0 Å². The Morgan fingerprint density at radius 2 is 2.08 bits per heavy atom. The van der Waals surface area contributed by atoms with Crippen LogP contribution in [0.2, 0.25) is 5.02 Å². The van der Waals surface area contributed by atoms with E-state index >= 15 is 0 Å². The average molecular weight is 362 g/mol. The predicted molar refractivity (Wildman–Crippen MR) is 94.2 cm³/mol. The number of amides is 1. The highest BCUT2D eigenvalue weighted by molar-refractivity contribution is 7.08. The summed E-state index contributed by atoms with van der Waals surface area (Å²) in [5, 5.41) is 18.1. The van der Waals surface area contributed by atoms with Crippen LogP contribution in [0.5, 0.6) is 0 Å². The maximum absolute atomic E-state index is 12.2. The highest BCUT2D eigenvalue weighted by Gasteiger charge is 2.35. The lowest BCUT2D eigenvalue weighted by molar-refractivity contribution is -0.121. The van der Waals surface area contributed by atoms with Gasteiger partial charge in [0.05, 0.1) is 19.2 Å². The van der Waals surface area contributed by atoms with Gasteiger partial charge in [0.25, 0.3) is 0 Å². The summed E-state index contributed by atoms with van der Waals surface area (Å²) in [6.45, 7) is 0.0144. The first-order chi connectivity index (χ1) is 11.6. The van der Waals surface area contributed by atoms with E-state index in [9.17, 15) is 9.90 Å². The van der Waals surface area contributed by atoms with Crippen molar-refractivity contribution < 1.29 is 14.3 Å². The molecule has 24 heavy (non-hydrogen) atoms. The third kappa shape index (κ3) is 3.53. The quantitative estimate of drug-likeness (QED) is 0.705. The van der Waals surface area contributed by atoms with Crippen LogP contribution in [0.15, 0.2) is 63.9 Å². The third-order valence-electron chi connectivity index (χ3n) is 3.78. The van der Waals surface area contributed by atoms with Gasteiger partial charge in [-0.25, -0.2) is 0 Å². The largest absolute Gasteiger partial charge is 0.466 e. The summed E-state index contributed by atoms with van der Waals surface area (Å²) in [6.07, 6.45) is 1.65. The number of hydrogen-bond donors (Lipinski definition) is 2. The van der Waals surface area contributed by atoms with Crippen LogP contribution in [-0.4, -0.2) is 17.6 Å². The Morgan fingerprint density at radius 3 is 2.75 bits per heavy atom. The normalized spacial score (nSPS) is 13.4. The van der Waals surface area contributed by atoms with Crippen LogP contribution in [0.4, 0.5) is 0 Å². The fourth-order valence-corrected chi connectivity index (χ4v) is 3.38. The molecule has 6 heteroatoms. The van der Waals surface area contributed by atoms with E-state index in [1.54, 1.807) is 24.3 Å². The number of benzene rings is 1. The molecule has 0 fully saturated rings. The minimum absolute atomic E-state index is 0.0144. The van der Waals surface area contributed by atoms with Crippen LogP contribution in [-0.2, 0) is 16.8 Å². The number of furan rings is 1. The van der Waals surface area contributed by atoms with E-state index in [1.807, 2.05) is 29.0 Å². The Balaban J connectivity index is 1.73. The first kappa shape index (κ1) is 16.8. The van der Waals surface area contributed by atoms with Gasteiger partial charge in [0.1, 0.15) is 5.76 Å². The molecular weight excluding hydrogens is 346 g/mol. The maximum atomic E-state index is 12.2. The molecule has 0 aliphatic rings. The highest BCUT2D eigenvalue weighted by Crippen LogP contribution is 2.31. The van der Waals surface area contributed by atoms with Gasteiger partial charge in [-0.05, 0) is 40.6 Å². The van der Waals surface area contributed by atoms with E-state index in [4.69, 9.17) is 16.0 Å². The molecule has 4 nitrogen and oxygen atoms in total. The number of carbonyl (C=O) groups is 1. The van der Waals surface area contributed by atoms with Gasteiger partial charge in [-0.2, -0.15) is 11.3 Å². The topological polar surface area (TPSA) is 62.5 Å². The molecule has 2 heterocycles. The van der Waals surface area contributed by atoms with Gasteiger partial charge < -0.3 is 14.8 Å². The van der Waals surface area contributed by atoms with E-state index in [2.05, 4.69) is 5.32 Å². The third-order valence-corrected chi connectivity index (χ3v) is 4.83. The molecule has 3 rings (SSSR count). The van der Waals surface area contributed by atoms with Crippen molar-refractivity contribution in [3.05, 3.63) is 81.4 Å². The number of carbonyl (C=O) groups excluding carboxylic acids is 1. The van der Waals surface area contributed by atoms with E-state index < -0.39 is 5.60 Å². The number of nitrogens with one attached hydrogen (secondary N) is 1. The Morgan fingerprint density at radius 1 is 1.25 bits per heavy atom. The summed E-state index contributed by atoms with van der Waals surface area (Å²) in [7, 11) is 0. The van der Waals surface area contributed by atoms with Crippen molar-refractivity contribution >= 4 is 28.8 Å². The monoisotopic (exact) mass is 361 g/mol. The van der Waals surface area contributed by atoms with Gasteiger partial charge in [-0.3, -0.25) is 4.79 Å². The molecule has 0 bridgehead atoms. The van der Waals surface area contributed by atoms with E-state index in [0.717, 1.165) is 5.56 Å². The minimum Gasteiger partial charge on any atom is -0.466 e. The molecule has 1 aromatic carbocycles. The summed E-state index contributed by atoms with van der Waals surface area (Å²) in [4.78, 5) is 12.2. The van der Waals surface area contributed by atoms with Crippen LogP contribution in [0.3, 0.4) is 0 Å². The van der Waals surface area contributed by atoms with Crippen molar-refractivity contribution in [3.63, 3.8) is 0 Å². The number of thiophene rings is 1. The molecule has 0 aliphatic carbocycles. The summed E-state index contributed by atoms with van der Waals surface area (Å²) in [6, 6.07) is 12.4. The van der Waals surface area contributed by atoms with Gasteiger partial charge in [0.15, 0.2) is 5.60 Å². The SMILES string of the molecule is O=C(Cc1ccccc1Cl)NC[C@@](O)(c1ccsc1)c1ccco1. The van der Waals surface area contributed by atoms with E-state index in [0.29, 0.717) is 16.3 Å². The van der Waals surface area contributed by atoms with Gasteiger partial charge in [0.2, 0.25) is 5.91 Å². The Bertz CT molecular complexity index is 765. The van der Waals surface area contributed by atoms with Crippen LogP contribution in [0.25, 0.3) is 0 Å². The second-order valence-corrected chi connectivity index (χ2v) is 6.58. The van der Waals surface area contributed by atoms with Crippen molar-refractivity contribution in [1.29, 1.82) is 0 Å². The zero-order chi connectivity index (χ0) is 17.0. The summed E-state index contributed by atoms with van der Waals surface area (Å²) < 4.78 is 5.37. The first-order valence-corrected chi connectivity index (χ1v) is 8.71. The van der Waals surface area contributed by atoms with E-state index in [1.165, 1.54) is 17.6 Å². The molecular formula is C18H16ClNO3S. The second-order valence-electron chi connectivity index (χ2n) is 5.39. The summed E-state index contributed by atoms with van der Waals surface area (Å²) in [5.41, 5.74) is 0.0221. The van der Waals surface area contributed by atoms with Crippen molar-refractivity contribution in [3.8, 4) is 0 Å². The molecule has 2 aromatic heterocycles. The second kappa shape index (κ2) is 7.21. The van der Waals surface area contributed by atoms with Crippen LogP contribution in [0, 0.1) is 0 Å². The van der Waals surface area contributed by atoms with Gasteiger partial charge in [-0.15, -0.1) is 0 Å². The molecule has 0 aliphatic heterocycles. The molecule has 1 amide bonds. The highest BCUT2D eigenvalue weighted by atomic mass is 35.5. The standard InChI is InChI=1S/C18H16ClNO3S/c19-15-5-2-1-4-13(15)10-17(21)20-12-18(22,14-7-9-24-11-14)16-6-3-8-23-16/h1-9,11,22H,10,12H2,(H,20,21)/t18-/m1/s1. The Labute approximate surface area is 148 Å². The number of rotatable bonds is 6. The van der Waals surface area contributed by atoms with Crippen LogP contribution in [0.1, 0.15) is 16.9 Å². The summed E-state index contributed by atoms with van der Waals surface area (Å²) >= 11 is 7.55. The molecule has 0 radical (unpaired) electrons. The van der Waals surface area contributed by atoms with Crippen molar-refractivity contribution in [2.75, 3.05) is 6.54 Å². The van der Waals surface area contributed by atoms with Gasteiger partial charge in [0, 0.05) is 10.6 Å². The first-order valence-electron chi connectivity index (χ1n) is 7.39. The molecule has 0 saturated carbocycles.